The fourth-order valence-electron chi connectivity index (χ4n) is 3.06. The van der Waals surface area contributed by atoms with Gasteiger partial charge in [0.1, 0.15) is 17.4 Å². The molecular weight excluding hydrogens is 334 g/mol. The molecule has 0 atom stereocenters. The third-order valence-corrected chi connectivity index (χ3v) is 4.42. The number of hydrogen-bond acceptors (Lipinski definition) is 2. The van der Waals surface area contributed by atoms with Crippen LogP contribution in [0.3, 0.4) is 0 Å². The van der Waals surface area contributed by atoms with Crippen molar-refractivity contribution in [3.63, 3.8) is 0 Å². The minimum Gasteiger partial charge on any atom is -0.496 e. The van der Waals surface area contributed by atoms with Crippen LogP contribution in [0.4, 0.5) is 8.78 Å². The molecule has 0 aliphatic carbocycles. The lowest BCUT2D eigenvalue weighted by Crippen LogP contribution is -2.06. The van der Waals surface area contributed by atoms with Gasteiger partial charge in [0.25, 0.3) is 0 Å². The van der Waals surface area contributed by atoms with Gasteiger partial charge in [0.2, 0.25) is 0 Å². The topological polar surface area (TPSA) is 27.1 Å². The van der Waals surface area contributed by atoms with Crippen molar-refractivity contribution in [3.05, 3.63) is 71.7 Å². The summed E-state index contributed by atoms with van der Waals surface area (Å²) in [6, 6.07) is 11.2. The van der Waals surface area contributed by atoms with Crippen LogP contribution in [0.5, 0.6) is 5.75 Å². The third-order valence-electron chi connectivity index (χ3n) is 4.42. The van der Waals surface area contributed by atoms with Crippen LogP contribution in [-0.2, 0) is 13.0 Å². The molecule has 0 unspecified atom stereocenters. The number of hydrogen-bond donors (Lipinski definition) is 0. The molecule has 0 spiro atoms. The van der Waals surface area contributed by atoms with Crippen molar-refractivity contribution in [3.8, 4) is 17.0 Å². The molecule has 136 valence electrons. The molecule has 26 heavy (non-hydrogen) atoms. The van der Waals surface area contributed by atoms with E-state index in [-0.39, 0.29) is 6.54 Å². The molecule has 0 saturated carbocycles. The summed E-state index contributed by atoms with van der Waals surface area (Å²) in [5.74, 6) is -0.116. The van der Waals surface area contributed by atoms with Gasteiger partial charge in [-0.2, -0.15) is 0 Å². The molecule has 3 nitrogen and oxygen atoms in total. The maximum atomic E-state index is 14.1. The fraction of sp³-hybridized carbons (Fsp3) is 0.286. The molecule has 3 aromatic rings. The zero-order valence-corrected chi connectivity index (χ0v) is 15.0. The van der Waals surface area contributed by atoms with Crippen LogP contribution < -0.4 is 4.74 Å². The van der Waals surface area contributed by atoms with Crippen LogP contribution in [0.1, 0.15) is 31.0 Å². The normalized spacial score (nSPS) is 10.9. The number of halogens is 2. The number of imidazole rings is 1. The minimum absolute atomic E-state index is 0.241. The lowest BCUT2D eigenvalue weighted by atomic mass is 10.1. The highest BCUT2D eigenvalue weighted by molar-refractivity contribution is 5.69. The third kappa shape index (κ3) is 3.77. The molecule has 0 amide bonds. The molecule has 0 aliphatic heterocycles. The Kier molecular flexibility index (Phi) is 5.66. The van der Waals surface area contributed by atoms with Gasteiger partial charge in [-0.3, -0.25) is 0 Å². The Balaban J connectivity index is 2.03. The van der Waals surface area contributed by atoms with Gasteiger partial charge in [-0.15, -0.1) is 0 Å². The van der Waals surface area contributed by atoms with E-state index in [1.165, 1.54) is 6.07 Å². The predicted octanol–water partition coefficient (Wildman–Crippen LogP) is 5.23. The molecule has 3 rings (SSSR count). The van der Waals surface area contributed by atoms with E-state index in [1.54, 1.807) is 13.4 Å². The van der Waals surface area contributed by atoms with Crippen molar-refractivity contribution in [2.75, 3.05) is 7.11 Å². The number of methoxy groups -OCH3 is 1. The highest BCUT2D eigenvalue weighted by Crippen LogP contribution is 2.32. The number of rotatable bonds is 7. The smallest absolute Gasteiger partial charge is 0.128 e. The van der Waals surface area contributed by atoms with E-state index in [2.05, 4.69) is 11.9 Å². The summed E-state index contributed by atoms with van der Waals surface area (Å²) in [7, 11) is 1.63. The number of benzene rings is 2. The Morgan fingerprint density at radius 2 is 1.92 bits per heavy atom. The van der Waals surface area contributed by atoms with Crippen molar-refractivity contribution < 1.29 is 13.5 Å². The lowest BCUT2D eigenvalue weighted by Gasteiger charge is -2.12. The largest absolute Gasteiger partial charge is 0.496 e. The zero-order chi connectivity index (χ0) is 18.5. The Morgan fingerprint density at radius 1 is 1.12 bits per heavy atom. The van der Waals surface area contributed by atoms with E-state index in [0.717, 1.165) is 54.1 Å². The van der Waals surface area contributed by atoms with Crippen molar-refractivity contribution in [2.24, 2.45) is 0 Å². The first-order valence-electron chi connectivity index (χ1n) is 8.75. The number of para-hydroxylation sites is 1. The molecule has 0 radical (unpaired) electrons. The molecule has 1 aromatic heterocycles. The van der Waals surface area contributed by atoms with Crippen molar-refractivity contribution >= 4 is 0 Å². The van der Waals surface area contributed by atoms with Crippen LogP contribution in [0.15, 0.2) is 48.8 Å². The summed E-state index contributed by atoms with van der Waals surface area (Å²) in [5, 5.41) is 0. The van der Waals surface area contributed by atoms with E-state index in [9.17, 15) is 8.78 Å². The standard InChI is InChI=1S/C21H22F2N2O/c1-3-4-8-19-21(17-7-5-6-9-20(17)26-2)24-14-25(19)13-15-12-16(22)10-11-18(15)23/h5-7,9-12,14H,3-4,8,13H2,1-2H3. The Hall–Kier alpha value is -2.69. The van der Waals surface area contributed by atoms with Crippen LogP contribution in [0.2, 0.25) is 0 Å². The SMILES string of the molecule is CCCCc1c(-c2ccccc2OC)ncn1Cc1cc(F)ccc1F. The van der Waals surface area contributed by atoms with Crippen LogP contribution in [0, 0.1) is 11.6 Å². The number of unbranched alkanes of at least 4 members (excludes halogenated alkanes) is 1. The number of ether oxygens (including phenoxy) is 1. The second-order valence-electron chi connectivity index (χ2n) is 6.21. The summed E-state index contributed by atoms with van der Waals surface area (Å²) < 4.78 is 34.9. The summed E-state index contributed by atoms with van der Waals surface area (Å²) in [6.45, 7) is 2.36. The second-order valence-corrected chi connectivity index (χ2v) is 6.21. The van der Waals surface area contributed by atoms with Gasteiger partial charge in [-0.05, 0) is 43.2 Å². The summed E-state index contributed by atoms with van der Waals surface area (Å²) in [5.41, 5.74) is 3.04. The Labute approximate surface area is 152 Å². The van der Waals surface area contributed by atoms with E-state index >= 15 is 0 Å². The van der Waals surface area contributed by atoms with Crippen LogP contribution in [0.25, 0.3) is 11.3 Å². The van der Waals surface area contributed by atoms with Crippen molar-refractivity contribution in [1.29, 1.82) is 0 Å². The highest BCUT2D eigenvalue weighted by atomic mass is 19.1. The number of nitrogens with zero attached hydrogens (tertiary/aromatic N) is 2. The van der Waals surface area contributed by atoms with Crippen molar-refractivity contribution in [1.82, 2.24) is 9.55 Å². The molecule has 2 aromatic carbocycles. The van der Waals surface area contributed by atoms with E-state index in [1.807, 2.05) is 28.8 Å². The van der Waals surface area contributed by atoms with Gasteiger partial charge >= 0.3 is 0 Å². The molecule has 1 heterocycles. The van der Waals surface area contributed by atoms with Gasteiger partial charge in [-0.1, -0.05) is 25.5 Å². The van der Waals surface area contributed by atoms with Gasteiger partial charge < -0.3 is 9.30 Å². The first-order chi connectivity index (χ1) is 12.6. The summed E-state index contributed by atoms with van der Waals surface area (Å²) >= 11 is 0. The molecule has 0 aliphatic rings. The maximum Gasteiger partial charge on any atom is 0.128 e. The first-order valence-corrected chi connectivity index (χ1v) is 8.75. The molecule has 0 fully saturated rings. The van der Waals surface area contributed by atoms with E-state index in [0.29, 0.717) is 5.56 Å². The Morgan fingerprint density at radius 3 is 2.69 bits per heavy atom. The van der Waals surface area contributed by atoms with Crippen LogP contribution in [-0.4, -0.2) is 16.7 Å². The predicted molar refractivity (Wildman–Crippen MR) is 98.3 cm³/mol. The Bertz CT molecular complexity index is 889. The molecular formula is C21H22F2N2O. The second kappa shape index (κ2) is 8.13. The van der Waals surface area contributed by atoms with E-state index < -0.39 is 11.6 Å². The monoisotopic (exact) mass is 356 g/mol. The van der Waals surface area contributed by atoms with Crippen LogP contribution >= 0.6 is 0 Å². The number of aromatic nitrogens is 2. The van der Waals surface area contributed by atoms with Gasteiger partial charge in [0, 0.05) is 16.8 Å². The molecule has 0 N–H and O–H groups in total. The molecule has 0 saturated heterocycles. The molecule has 5 heteroatoms. The summed E-state index contributed by atoms with van der Waals surface area (Å²) in [4.78, 5) is 4.56. The average molecular weight is 356 g/mol. The minimum atomic E-state index is -0.443. The van der Waals surface area contributed by atoms with Gasteiger partial charge in [0.05, 0.1) is 25.7 Å². The quantitative estimate of drug-likeness (QED) is 0.580. The summed E-state index contributed by atoms with van der Waals surface area (Å²) in [6.07, 6.45) is 4.52. The average Bonchev–Trinajstić information content (AvgIpc) is 3.05. The van der Waals surface area contributed by atoms with Crippen molar-refractivity contribution in [2.45, 2.75) is 32.7 Å². The first kappa shape index (κ1) is 18.1. The zero-order valence-electron chi connectivity index (χ0n) is 15.0. The highest BCUT2D eigenvalue weighted by Gasteiger charge is 2.17. The van der Waals surface area contributed by atoms with E-state index in [4.69, 9.17) is 4.74 Å². The fourth-order valence-corrected chi connectivity index (χ4v) is 3.06. The van der Waals surface area contributed by atoms with Gasteiger partial charge in [-0.25, -0.2) is 13.8 Å². The molecule has 0 bridgehead atoms. The lowest BCUT2D eigenvalue weighted by molar-refractivity contribution is 0.416. The maximum absolute atomic E-state index is 14.1. The van der Waals surface area contributed by atoms with Gasteiger partial charge in [0.15, 0.2) is 0 Å².